The number of aromatic nitrogens is 3. The maximum absolute atomic E-state index is 6.17. The molecule has 5 heteroatoms. The van der Waals surface area contributed by atoms with Crippen molar-refractivity contribution in [3.8, 4) is 0 Å². The quantitative estimate of drug-likeness (QED) is 0.837. The third-order valence-corrected chi connectivity index (χ3v) is 5.33. The maximum Gasteiger partial charge on any atom is 0.225 e. The number of nitrogens with zero attached hydrogens (tertiary/aromatic N) is 3. The fraction of sp³-hybridized carbons (Fsp3) is 0.833. The van der Waals surface area contributed by atoms with Gasteiger partial charge in [-0.25, -0.2) is 0 Å². The van der Waals surface area contributed by atoms with Gasteiger partial charge in [0.05, 0.1) is 0 Å². The van der Waals surface area contributed by atoms with Gasteiger partial charge in [0.15, 0.2) is 0 Å². The van der Waals surface area contributed by atoms with Gasteiger partial charge in [-0.2, -0.15) is 11.8 Å². The van der Waals surface area contributed by atoms with E-state index in [1.54, 1.807) is 0 Å². The lowest BCUT2D eigenvalue weighted by molar-refractivity contribution is 0.485. The summed E-state index contributed by atoms with van der Waals surface area (Å²) in [7, 11) is 0. The van der Waals surface area contributed by atoms with Crippen LogP contribution in [0.4, 0.5) is 0 Å². The smallest absolute Gasteiger partial charge is 0.225 e. The Hall–Kier alpha value is -0.220. The third-order valence-electron chi connectivity index (χ3n) is 3.64. The van der Waals surface area contributed by atoms with E-state index < -0.39 is 0 Å². The predicted molar refractivity (Wildman–Crippen MR) is 73.8 cm³/mol. The molecule has 2 rings (SSSR count). The minimum Gasteiger partial charge on any atom is -0.300 e. The maximum atomic E-state index is 6.17. The molecule has 1 aromatic heterocycles. The number of hydrogen-bond acceptors (Lipinski definition) is 3. The Kier molecular flexibility index (Phi) is 4.03. The molecule has 96 valence electrons. The first-order chi connectivity index (χ1) is 8.08. The molecule has 0 N–H and O–H groups in total. The average molecular weight is 274 g/mol. The molecule has 3 nitrogen and oxygen atoms in total. The second kappa shape index (κ2) is 5.19. The van der Waals surface area contributed by atoms with E-state index in [0.29, 0.717) is 15.9 Å². The van der Waals surface area contributed by atoms with Gasteiger partial charge >= 0.3 is 0 Å². The monoisotopic (exact) mass is 273 g/mol. The highest BCUT2D eigenvalue weighted by molar-refractivity contribution is 8.00. The van der Waals surface area contributed by atoms with E-state index in [2.05, 4.69) is 34.9 Å². The lowest BCUT2D eigenvalue weighted by Gasteiger charge is -2.28. The highest BCUT2D eigenvalue weighted by Crippen LogP contribution is 2.42. The van der Waals surface area contributed by atoms with Crippen LogP contribution in [0.3, 0.4) is 0 Å². The largest absolute Gasteiger partial charge is 0.300 e. The molecule has 1 heterocycles. The van der Waals surface area contributed by atoms with Crippen LogP contribution in [0.2, 0.25) is 5.28 Å². The van der Waals surface area contributed by atoms with Crippen molar-refractivity contribution in [1.29, 1.82) is 0 Å². The molecule has 0 aromatic carbocycles. The van der Waals surface area contributed by atoms with Crippen molar-refractivity contribution in [3.63, 3.8) is 0 Å². The summed E-state index contributed by atoms with van der Waals surface area (Å²) >= 11 is 8.14. The van der Waals surface area contributed by atoms with Gasteiger partial charge in [-0.15, -0.1) is 10.2 Å². The molecule has 1 saturated carbocycles. The predicted octanol–water partition coefficient (Wildman–Crippen LogP) is 3.73. The zero-order valence-corrected chi connectivity index (χ0v) is 12.3. The van der Waals surface area contributed by atoms with Crippen LogP contribution in [0, 0.1) is 0 Å². The minimum atomic E-state index is 0.343. The van der Waals surface area contributed by atoms with Crippen LogP contribution < -0.4 is 0 Å². The first kappa shape index (κ1) is 13.2. The van der Waals surface area contributed by atoms with Crippen molar-refractivity contribution in [2.45, 2.75) is 56.7 Å². The molecule has 1 aliphatic carbocycles. The SMILES string of the molecule is CSC1(Cn2c(Cl)nnc2C(C)C)CCCC1. The molecular weight excluding hydrogens is 254 g/mol. The number of rotatable bonds is 4. The van der Waals surface area contributed by atoms with Gasteiger partial charge < -0.3 is 4.57 Å². The van der Waals surface area contributed by atoms with Crippen molar-refractivity contribution in [2.24, 2.45) is 0 Å². The Morgan fingerprint density at radius 3 is 2.53 bits per heavy atom. The van der Waals surface area contributed by atoms with Gasteiger partial charge in [0, 0.05) is 17.2 Å². The van der Waals surface area contributed by atoms with E-state index in [4.69, 9.17) is 11.6 Å². The Labute approximate surface area is 112 Å². The van der Waals surface area contributed by atoms with Crippen molar-refractivity contribution >= 4 is 23.4 Å². The normalized spacial score (nSPS) is 19.1. The van der Waals surface area contributed by atoms with Gasteiger partial charge in [-0.3, -0.25) is 0 Å². The summed E-state index contributed by atoms with van der Waals surface area (Å²) in [6, 6.07) is 0. The fourth-order valence-corrected chi connectivity index (χ4v) is 3.74. The summed E-state index contributed by atoms with van der Waals surface area (Å²) in [6.45, 7) is 5.22. The van der Waals surface area contributed by atoms with Gasteiger partial charge in [-0.05, 0) is 30.7 Å². The first-order valence-electron chi connectivity index (χ1n) is 6.22. The molecule has 0 radical (unpaired) electrons. The first-order valence-corrected chi connectivity index (χ1v) is 7.82. The number of halogens is 1. The topological polar surface area (TPSA) is 30.7 Å². The molecule has 0 aliphatic heterocycles. The summed E-state index contributed by atoms with van der Waals surface area (Å²) in [4.78, 5) is 0. The molecular formula is C12H20ClN3S. The van der Waals surface area contributed by atoms with Crippen LogP contribution in [-0.2, 0) is 6.54 Å². The van der Waals surface area contributed by atoms with Gasteiger partial charge in [0.25, 0.3) is 0 Å². The van der Waals surface area contributed by atoms with Crippen LogP contribution >= 0.6 is 23.4 Å². The molecule has 17 heavy (non-hydrogen) atoms. The Morgan fingerprint density at radius 2 is 2.00 bits per heavy atom. The summed E-state index contributed by atoms with van der Waals surface area (Å²) in [5.74, 6) is 1.38. The van der Waals surface area contributed by atoms with Gasteiger partial charge in [0.1, 0.15) is 5.82 Å². The van der Waals surface area contributed by atoms with E-state index >= 15 is 0 Å². The average Bonchev–Trinajstić information content (AvgIpc) is 2.89. The molecule has 0 amide bonds. The lowest BCUT2D eigenvalue weighted by Crippen LogP contribution is -2.28. The zero-order chi connectivity index (χ0) is 12.5. The van der Waals surface area contributed by atoms with Crippen molar-refractivity contribution in [1.82, 2.24) is 14.8 Å². The van der Waals surface area contributed by atoms with Crippen molar-refractivity contribution < 1.29 is 0 Å². The highest BCUT2D eigenvalue weighted by atomic mass is 35.5. The molecule has 1 fully saturated rings. The Bertz CT molecular complexity index is 383. The Balaban J connectivity index is 2.25. The second-order valence-corrected chi connectivity index (χ2v) is 6.77. The molecule has 1 aromatic rings. The zero-order valence-electron chi connectivity index (χ0n) is 10.7. The van der Waals surface area contributed by atoms with Crippen LogP contribution in [0.5, 0.6) is 0 Å². The molecule has 0 saturated heterocycles. The molecule has 1 aliphatic rings. The number of thioether (sulfide) groups is 1. The molecule has 0 unspecified atom stereocenters. The molecule has 0 bridgehead atoms. The Morgan fingerprint density at radius 1 is 1.35 bits per heavy atom. The van der Waals surface area contributed by atoms with Gasteiger partial charge in [0.2, 0.25) is 5.28 Å². The van der Waals surface area contributed by atoms with E-state index in [-0.39, 0.29) is 0 Å². The van der Waals surface area contributed by atoms with Crippen LogP contribution in [0.1, 0.15) is 51.3 Å². The van der Waals surface area contributed by atoms with Crippen molar-refractivity contribution in [2.75, 3.05) is 6.26 Å². The lowest BCUT2D eigenvalue weighted by atomic mass is 10.1. The summed E-state index contributed by atoms with van der Waals surface area (Å²) < 4.78 is 2.45. The van der Waals surface area contributed by atoms with E-state index in [1.165, 1.54) is 25.7 Å². The standard InChI is InChI=1S/C12H20ClN3S/c1-9(2)10-14-15-11(13)16(10)8-12(17-3)6-4-5-7-12/h9H,4-8H2,1-3H3. The van der Waals surface area contributed by atoms with E-state index in [0.717, 1.165) is 12.4 Å². The van der Waals surface area contributed by atoms with E-state index in [1.807, 2.05) is 11.8 Å². The van der Waals surface area contributed by atoms with Crippen LogP contribution in [0.15, 0.2) is 0 Å². The summed E-state index contributed by atoms with van der Waals surface area (Å²) in [5.41, 5.74) is 0. The third kappa shape index (κ3) is 2.63. The highest BCUT2D eigenvalue weighted by Gasteiger charge is 2.34. The summed E-state index contributed by atoms with van der Waals surface area (Å²) in [5, 5.41) is 8.75. The van der Waals surface area contributed by atoms with Crippen LogP contribution in [0.25, 0.3) is 0 Å². The van der Waals surface area contributed by atoms with Crippen molar-refractivity contribution in [3.05, 3.63) is 11.1 Å². The minimum absolute atomic E-state index is 0.343. The molecule has 0 spiro atoms. The second-order valence-electron chi connectivity index (χ2n) is 5.16. The fourth-order valence-electron chi connectivity index (χ4n) is 2.60. The number of hydrogen-bond donors (Lipinski definition) is 0. The molecule has 0 atom stereocenters. The van der Waals surface area contributed by atoms with Gasteiger partial charge in [-0.1, -0.05) is 26.7 Å². The van der Waals surface area contributed by atoms with E-state index in [9.17, 15) is 0 Å². The van der Waals surface area contributed by atoms with Crippen LogP contribution in [-0.4, -0.2) is 25.8 Å². The summed E-state index contributed by atoms with van der Waals surface area (Å²) in [6.07, 6.45) is 7.42.